The zero-order valence-corrected chi connectivity index (χ0v) is 17.0. The number of carbonyl (C=O) groups excluding carboxylic acids is 1. The predicted molar refractivity (Wildman–Crippen MR) is 116 cm³/mol. The second-order valence-electron chi connectivity index (χ2n) is 6.53. The maximum Gasteiger partial charge on any atom is 0.276 e. The maximum atomic E-state index is 12.7. The van der Waals surface area contributed by atoms with Gasteiger partial charge in [-0.3, -0.25) is 4.79 Å². The predicted octanol–water partition coefficient (Wildman–Crippen LogP) is 4.92. The van der Waals surface area contributed by atoms with Crippen molar-refractivity contribution in [2.75, 3.05) is 17.3 Å². The minimum absolute atomic E-state index is 0.277. The number of anilines is 2. The standard InChI is InChI=1S/C21H17Cl2N5O/c1-27(13-14-7-8-16(22)17(23)11-14)20-10-9-19-24-12-18(28(19)26-20)21(29)25-15-5-3-2-4-6-15/h2-12H,13H2,1H3,(H,25,29). The summed E-state index contributed by atoms with van der Waals surface area (Å²) in [6, 6.07) is 18.5. The number of amides is 1. The molecule has 4 rings (SSSR count). The minimum atomic E-state index is -0.277. The van der Waals surface area contributed by atoms with Gasteiger partial charge in [-0.25, -0.2) is 9.50 Å². The fourth-order valence-corrected chi connectivity index (χ4v) is 3.25. The number of imidazole rings is 1. The molecule has 8 heteroatoms. The lowest BCUT2D eigenvalue weighted by atomic mass is 10.2. The fourth-order valence-electron chi connectivity index (χ4n) is 2.93. The number of carbonyl (C=O) groups is 1. The van der Waals surface area contributed by atoms with Crippen molar-refractivity contribution >= 4 is 46.3 Å². The monoisotopic (exact) mass is 425 g/mol. The number of aromatic nitrogens is 3. The Morgan fingerprint density at radius 1 is 1.07 bits per heavy atom. The largest absolute Gasteiger partial charge is 0.354 e. The smallest absolute Gasteiger partial charge is 0.276 e. The Morgan fingerprint density at radius 2 is 1.86 bits per heavy atom. The fraction of sp³-hybridized carbons (Fsp3) is 0.0952. The van der Waals surface area contributed by atoms with Crippen LogP contribution in [0.4, 0.5) is 11.5 Å². The normalized spacial score (nSPS) is 10.9. The van der Waals surface area contributed by atoms with Gasteiger partial charge in [0.05, 0.1) is 16.2 Å². The summed E-state index contributed by atoms with van der Waals surface area (Å²) < 4.78 is 1.54. The summed E-state index contributed by atoms with van der Waals surface area (Å²) in [7, 11) is 1.91. The number of nitrogens with zero attached hydrogens (tertiary/aromatic N) is 4. The number of benzene rings is 2. The van der Waals surface area contributed by atoms with Crippen LogP contribution in [0.25, 0.3) is 5.65 Å². The molecule has 1 amide bonds. The third kappa shape index (κ3) is 4.18. The lowest BCUT2D eigenvalue weighted by Gasteiger charge is -2.18. The molecule has 0 unspecified atom stereocenters. The lowest BCUT2D eigenvalue weighted by Crippen LogP contribution is -2.20. The van der Waals surface area contributed by atoms with Crippen LogP contribution in [0.1, 0.15) is 16.1 Å². The molecule has 0 aliphatic carbocycles. The van der Waals surface area contributed by atoms with Crippen molar-refractivity contribution in [3.8, 4) is 0 Å². The van der Waals surface area contributed by atoms with Crippen LogP contribution in [-0.4, -0.2) is 27.6 Å². The molecule has 146 valence electrons. The van der Waals surface area contributed by atoms with Crippen molar-refractivity contribution in [3.05, 3.63) is 88.2 Å². The molecule has 0 fully saturated rings. The average Bonchev–Trinajstić information content (AvgIpc) is 3.15. The Labute approximate surface area is 177 Å². The molecule has 6 nitrogen and oxygen atoms in total. The van der Waals surface area contributed by atoms with Gasteiger partial charge in [0, 0.05) is 19.3 Å². The lowest BCUT2D eigenvalue weighted by molar-refractivity contribution is 0.102. The van der Waals surface area contributed by atoms with Crippen LogP contribution >= 0.6 is 23.2 Å². The number of fused-ring (bicyclic) bond motifs is 1. The van der Waals surface area contributed by atoms with Crippen LogP contribution in [-0.2, 0) is 6.54 Å². The van der Waals surface area contributed by atoms with Crippen molar-refractivity contribution in [2.45, 2.75) is 6.54 Å². The van der Waals surface area contributed by atoms with E-state index in [9.17, 15) is 4.79 Å². The molecule has 2 aromatic heterocycles. The van der Waals surface area contributed by atoms with E-state index in [-0.39, 0.29) is 5.91 Å². The number of para-hydroxylation sites is 1. The van der Waals surface area contributed by atoms with E-state index in [0.717, 1.165) is 5.56 Å². The van der Waals surface area contributed by atoms with E-state index < -0.39 is 0 Å². The Morgan fingerprint density at radius 3 is 2.62 bits per heavy atom. The van der Waals surface area contributed by atoms with Gasteiger partial charge >= 0.3 is 0 Å². The molecule has 0 spiro atoms. The van der Waals surface area contributed by atoms with E-state index in [1.54, 1.807) is 10.6 Å². The average molecular weight is 426 g/mol. The highest BCUT2D eigenvalue weighted by atomic mass is 35.5. The van der Waals surface area contributed by atoms with Crippen LogP contribution in [0, 0.1) is 0 Å². The first-order valence-corrected chi connectivity index (χ1v) is 9.63. The van der Waals surface area contributed by atoms with Gasteiger partial charge in [0.2, 0.25) is 0 Å². The van der Waals surface area contributed by atoms with Gasteiger partial charge in [0.1, 0.15) is 5.82 Å². The first-order valence-electron chi connectivity index (χ1n) is 8.87. The summed E-state index contributed by atoms with van der Waals surface area (Å²) in [5.41, 5.74) is 2.65. The first-order chi connectivity index (χ1) is 14.0. The first kappa shape index (κ1) is 19.2. The summed E-state index contributed by atoms with van der Waals surface area (Å²) in [6.07, 6.45) is 1.52. The number of halogens is 2. The quantitative estimate of drug-likeness (QED) is 0.492. The molecule has 2 heterocycles. The number of rotatable bonds is 5. The number of hydrogen-bond acceptors (Lipinski definition) is 4. The second-order valence-corrected chi connectivity index (χ2v) is 7.34. The van der Waals surface area contributed by atoms with Crippen LogP contribution in [0.5, 0.6) is 0 Å². The Balaban J connectivity index is 1.59. The molecular formula is C21H17Cl2N5O. The summed E-state index contributed by atoms with van der Waals surface area (Å²) in [5.74, 6) is 0.413. The number of nitrogens with one attached hydrogen (secondary N) is 1. The van der Waals surface area contributed by atoms with Crippen molar-refractivity contribution in [2.24, 2.45) is 0 Å². The van der Waals surface area contributed by atoms with E-state index in [1.165, 1.54) is 6.20 Å². The van der Waals surface area contributed by atoms with Crippen LogP contribution < -0.4 is 10.2 Å². The maximum absolute atomic E-state index is 12.7. The van der Waals surface area contributed by atoms with Gasteiger partial charge in [0.15, 0.2) is 11.3 Å². The molecule has 0 bridgehead atoms. The molecule has 29 heavy (non-hydrogen) atoms. The zero-order valence-electron chi connectivity index (χ0n) is 15.5. The molecule has 0 aliphatic heterocycles. The summed E-state index contributed by atoms with van der Waals surface area (Å²) in [6.45, 7) is 0.579. The van der Waals surface area contributed by atoms with Crippen molar-refractivity contribution in [1.29, 1.82) is 0 Å². The Kier molecular flexibility index (Phi) is 5.38. The summed E-state index contributed by atoms with van der Waals surface area (Å²) in [4.78, 5) is 18.9. The van der Waals surface area contributed by atoms with Gasteiger partial charge in [-0.2, -0.15) is 0 Å². The van der Waals surface area contributed by atoms with E-state index in [2.05, 4.69) is 15.4 Å². The van der Waals surface area contributed by atoms with Gasteiger partial charge in [-0.05, 0) is 42.0 Å². The van der Waals surface area contributed by atoms with E-state index >= 15 is 0 Å². The molecule has 4 aromatic rings. The molecular weight excluding hydrogens is 409 g/mol. The van der Waals surface area contributed by atoms with E-state index in [4.69, 9.17) is 23.2 Å². The summed E-state index contributed by atoms with van der Waals surface area (Å²) >= 11 is 12.1. The SMILES string of the molecule is CN(Cc1ccc(Cl)c(Cl)c1)c1ccc2ncc(C(=O)Nc3ccccc3)n2n1. The highest BCUT2D eigenvalue weighted by molar-refractivity contribution is 6.42. The van der Waals surface area contributed by atoms with Gasteiger partial charge < -0.3 is 10.2 Å². The molecule has 0 saturated carbocycles. The highest BCUT2D eigenvalue weighted by Crippen LogP contribution is 2.24. The highest BCUT2D eigenvalue weighted by Gasteiger charge is 2.15. The van der Waals surface area contributed by atoms with Crippen molar-refractivity contribution in [3.63, 3.8) is 0 Å². The second kappa shape index (κ2) is 8.11. The van der Waals surface area contributed by atoms with Crippen LogP contribution in [0.3, 0.4) is 0 Å². The van der Waals surface area contributed by atoms with E-state index in [0.29, 0.717) is 39.4 Å². The van der Waals surface area contributed by atoms with Crippen molar-refractivity contribution in [1.82, 2.24) is 14.6 Å². The molecule has 1 N–H and O–H groups in total. The minimum Gasteiger partial charge on any atom is -0.354 e. The zero-order chi connectivity index (χ0) is 20.4. The third-order valence-corrected chi connectivity index (χ3v) is 5.15. The topological polar surface area (TPSA) is 62.5 Å². The van der Waals surface area contributed by atoms with E-state index in [1.807, 2.05) is 66.5 Å². The van der Waals surface area contributed by atoms with Crippen LogP contribution in [0.15, 0.2) is 66.9 Å². The summed E-state index contributed by atoms with van der Waals surface area (Å²) in [5, 5.41) is 8.48. The Hall–Kier alpha value is -3.09. The van der Waals surface area contributed by atoms with Crippen molar-refractivity contribution < 1.29 is 4.79 Å². The van der Waals surface area contributed by atoms with Gasteiger partial charge in [-0.15, -0.1) is 5.10 Å². The molecule has 0 aliphatic rings. The van der Waals surface area contributed by atoms with Gasteiger partial charge in [0.25, 0.3) is 5.91 Å². The molecule has 0 atom stereocenters. The number of hydrogen-bond donors (Lipinski definition) is 1. The molecule has 0 radical (unpaired) electrons. The molecule has 2 aromatic carbocycles. The molecule has 0 saturated heterocycles. The van der Waals surface area contributed by atoms with Crippen LogP contribution in [0.2, 0.25) is 10.0 Å². The van der Waals surface area contributed by atoms with Gasteiger partial charge in [-0.1, -0.05) is 47.5 Å². The Bertz CT molecular complexity index is 1180. The third-order valence-electron chi connectivity index (χ3n) is 4.41.